The van der Waals surface area contributed by atoms with Crippen LogP contribution in [0, 0.1) is 5.92 Å². The van der Waals surface area contributed by atoms with Gasteiger partial charge in [0, 0.05) is 25.4 Å². The molecule has 7 nitrogen and oxygen atoms in total. The molecule has 2 N–H and O–H groups in total. The van der Waals surface area contributed by atoms with E-state index in [9.17, 15) is 19.8 Å². The minimum Gasteiger partial charge on any atom is -0.481 e. The Hall–Kier alpha value is -1.89. The first-order valence-electron chi connectivity index (χ1n) is 7.79. The SMILES string of the molecule is CCN1CCC(c2nc(C(=O)O)c3n2CCC(C(=O)O)C3)C1. The molecule has 0 aliphatic carbocycles. The zero-order valence-corrected chi connectivity index (χ0v) is 12.7. The fraction of sp³-hybridized carbons (Fsp3) is 0.667. The standard InChI is InChI=1S/C15H21N3O4/c1-2-17-5-3-10(8-17)13-16-12(15(21)22)11-7-9(14(19)20)4-6-18(11)13/h9-10H,2-8H2,1H3,(H,19,20)(H,21,22). The van der Waals surface area contributed by atoms with Crippen LogP contribution in [0.5, 0.6) is 0 Å². The fourth-order valence-corrected chi connectivity index (χ4v) is 3.61. The molecule has 2 aliphatic heterocycles. The Morgan fingerprint density at radius 3 is 2.64 bits per heavy atom. The highest BCUT2D eigenvalue weighted by atomic mass is 16.4. The van der Waals surface area contributed by atoms with Gasteiger partial charge in [-0.15, -0.1) is 0 Å². The molecule has 1 saturated heterocycles. The lowest BCUT2D eigenvalue weighted by atomic mass is 9.95. The monoisotopic (exact) mass is 307 g/mol. The number of carbonyl (C=O) groups is 2. The van der Waals surface area contributed by atoms with E-state index < -0.39 is 17.9 Å². The Morgan fingerprint density at radius 1 is 1.27 bits per heavy atom. The molecule has 1 aromatic heterocycles. The molecule has 7 heteroatoms. The summed E-state index contributed by atoms with van der Waals surface area (Å²) in [6.45, 7) is 5.54. The van der Waals surface area contributed by atoms with Gasteiger partial charge in [0.15, 0.2) is 5.69 Å². The highest BCUT2D eigenvalue weighted by Gasteiger charge is 2.35. The van der Waals surface area contributed by atoms with Gasteiger partial charge in [-0.25, -0.2) is 9.78 Å². The zero-order valence-electron chi connectivity index (χ0n) is 12.7. The molecule has 2 aliphatic rings. The van der Waals surface area contributed by atoms with Crippen molar-refractivity contribution >= 4 is 11.9 Å². The van der Waals surface area contributed by atoms with E-state index in [1.807, 2.05) is 4.57 Å². The molecule has 1 aromatic rings. The lowest BCUT2D eigenvalue weighted by Gasteiger charge is -2.23. The maximum Gasteiger partial charge on any atom is 0.356 e. The Kier molecular flexibility index (Phi) is 3.90. The minimum absolute atomic E-state index is 0.0379. The molecule has 1 fully saturated rings. The van der Waals surface area contributed by atoms with Crippen LogP contribution < -0.4 is 0 Å². The molecule has 0 radical (unpaired) electrons. The number of nitrogens with zero attached hydrogens (tertiary/aromatic N) is 3. The van der Waals surface area contributed by atoms with Crippen LogP contribution in [0.1, 0.15) is 47.7 Å². The number of likely N-dealkylation sites (tertiary alicyclic amines) is 1. The molecule has 3 rings (SSSR count). The third-order valence-corrected chi connectivity index (χ3v) is 4.88. The van der Waals surface area contributed by atoms with Gasteiger partial charge in [0.05, 0.1) is 11.6 Å². The second-order valence-corrected chi connectivity index (χ2v) is 6.13. The van der Waals surface area contributed by atoms with Crippen LogP contribution in [0.4, 0.5) is 0 Å². The molecule has 0 spiro atoms. The van der Waals surface area contributed by atoms with E-state index in [4.69, 9.17) is 0 Å². The van der Waals surface area contributed by atoms with Gasteiger partial charge in [-0.3, -0.25) is 4.79 Å². The number of likely N-dealkylation sites (N-methyl/N-ethyl adjacent to an activating group) is 1. The third kappa shape index (κ3) is 2.49. The number of aliphatic carboxylic acids is 1. The molecule has 22 heavy (non-hydrogen) atoms. The first kappa shape index (κ1) is 15.0. The summed E-state index contributed by atoms with van der Waals surface area (Å²) in [5.74, 6) is -1.36. The molecule has 2 atom stereocenters. The van der Waals surface area contributed by atoms with Crippen LogP contribution in [-0.2, 0) is 17.8 Å². The first-order valence-corrected chi connectivity index (χ1v) is 7.79. The second kappa shape index (κ2) is 5.72. The number of hydrogen-bond acceptors (Lipinski definition) is 4. The summed E-state index contributed by atoms with van der Waals surface area (Å²) < 4.78 is 1.96. The van der Waals surface area contributed by atoms with Gasteiger partial charge in [-0.1, -0.05) is 6.92 Å². The number of aromatic carboxylic acids is 1. The van der Waals surface area contributed by atoms with Crippen molar-refractivity contribution in [3.05, 3.63) is 17.2 Å². The highest BCUT2D eigenvalue weighted by Crippen LogP contribution is 2.32. The van der Waals surface area contributed by atoms with Crippen molar-refractivity contribution in [3.8, 4) is 0 Å². The second-order valence-electron chi connectivity index (χ2n) is 6.13. The molecule has 120 valence electrons. The normalized spacial score (nSPS) is 25.1. The predicted molar refractivity (Wildman–Crippen MR) is 78.1 cm³/mol. The molecule has 2 unspecified atom stereocenters. The lowest BCUT2D eigenvalue weighted by molar-refractivity contribution is -0.142. The summed E-state index contributed by atoms with van der Waals surface area (Å²) in [5.41, 5.74) is 0.618. The Labute approximate surface area is 128 Å². The van der Waals surface area contributed by atoms with Gasteiger partial charge in [0.1, 0.15) is 5.82 Å². The average Bonchev–Trinajstić information content (AvgIpc) is 3.10. The molecule has 0 saturated carbocycles. The maximum atomic E-state index is 11.5. The summed E-state index contributed by atoms with van der Waals surface area (Å²) in [5, 5.41) is 18.6. The largest absolute Gasteiger partial charge is 0.481 e. The van der Waals surface area contributed by atoms with Crippen LogP contribution in [-0.4, -0.2) is 56.2 Å². The van der Waals surface area contributed by atoms with Crippen LogP contribution >= 0.6 is 0 Å². The van der Waals surface area contributed by atoms with E-state index in [1.165, 1.54) is 0 Å². The smallest absolute Gasteiger partial charge is 0.356 e. The van der Waals surface area contributed by atoms with Gasteiger partial charge in [-0.2, -0.15) is 0 Å². The molecule has 0 bridgehead atoms. The van der Waals surface area contributed by atoms with Crippen LogP contribution in [0.2, 0.25) is 0 Å². The molecule has 0 aromatic carbocycles. The van der Waals surface area contributed by atoms with E-state index >= 15 is 0 Å². The molecule has 0 amide bonds. The van der Waals surface area contributed by atoms with Crippen molar-refractivity contribution in [2.24, 2.45) is 5.92 Å². The van der Waals surface area contributed by atoms with Gasteiger partial charge >= 0.3 is 11.9 Å². The first-order chi connectivity index (χ1) is 10.5. The number of rotatable bonds is 4. The van der Waals surface area contributed by atoms with Crippen molar-refractivity contribution in [2.45, 2.75) is 38.6 Å². The summed E-state index contributed by atoms with van der Waals surface area (Å²) >= 11 is 0. The van der Waals surface area contributed by atoms with Gasteiger partial charge < -0.3 is 19.7 Å². The Bertz CT molecular complexity index is 610. The number of aromatic nitrogens is 2. The van der Waals surface area contributed by atoms with Crippen molar-refractivity contribution in [2.75, 3.05) is 19.6 Å². The summed E-state index contributed by atoms with van der Waals surface area (Å²) in [7, 11) is 0. The maximum absolute atomic E-state index is 11.5. The Balaban J connectivity index is 1.95. The Morgan fingerprint density at radius 2 is 2.05 bits per heavy atom. The van der Waals surface area contributed by atoms with Gasteiger partial charge in [-0.05, 0) is 25.9 Å². The fourth-order valence-electron chi connectivity index (χ4n) is 3.61. The molecular weight excluding hydrogens is 286 g/mol. The zero-order chi connectivity index (χ0) is 15.9. The number of hydrogen-bond donors (Lipinski definition) is 2. The highest BCUT2D eigenvalue weighted by molar-refractivity contribution is 5.87. The van der Waals surface area contributed by atoms with Crippen molar-refractivity contribution < 1.29 is 19.8 Å². The van der Waals surface area contributed by atoms with Crippen molar-refractivity contribution in [1.29, 1.82) is 0 Å². The van der Waals surface area contributed by atoms with Crippen LogP contribution in [0.3, 0.4) is 0 Å². The molecular formula is C15H21N3O4. The van der Waals surface area contributed by atoms with E-state index in [1.54, 1.807) is 0 Å². The third-order valence-electron chi connectivity index (χ3n) is 4.88. The topological polar surface area (TPSA) is 95.7 Å². The van der Waals surface area contributed by atoms with Crippen LogP contribution in [0.15, 0.2) is 0 Å². The number of carboxylic acid groups (broad SMARTS) is 2. The summed E-state index contributed by atoms with van der Waals surface area (Å²) in [6, 6.07) is 0. The average molecular weight is 307 g/mol. The van der Waals surface area contributed by atoms with E-state index in [-0.39, 0.29) is 18.0 Å². The van der Waals surface area contributed by atoms with E-state index in [2.05, 4.69) is 16.8 Å². The lowest BCUT2D eigenvalue weighted by Crippen LogP contribution is -2.28. The predicted octanol–water partition coefficient (Wildman–Crippen LogP) is 1.04. The number of fused-ring (bicyclic) bond motifs is 1. The summed E-state index contributed by atoms with van der Waals surface area (Å²) in [4.78, 5) is 29.4. The van der Waals surface area contributed by atoms with Crippen LogP contribution in [0.25, 0.3) is 0 Å². The quantitative estimate of drug-likeness (QED) is 0.863. The van der Waals surface area contributed by atoms with E-state index in [0.29, 0.717) is 18.7 Å². The van der Waals surface area contributed by atoms with Gasteiger partial charge in [0.2, 0.25) is 0 Å². The molecule has 3 heterocycles. The van der Waals surface area contributed by atoms with Crippen molar-refractivity contribution in [1.82, 2.24) is 14.5 Å². The number of carboxylic acids is 2. The van der Waals surface area contributed by atoms with E-state index in [0.717, 1.165) is 31.9 Å². The summed E-state index contributed by atoms with van der Waals surface area (Å²) in [6.07, 6.45) is 1.77. The minimum atomic E-state index is -1.06. The van der Waals surface area contributed by atoms with Crippen molar-refractivity contribution in [3.63, 3.8) is 0 Å². The number of imidazole rings is 1. The van der Waals surface area contributed by atoms with Gasteiger partial charge in [0.25, 0.3) is 0 Å².